The minimum absolute atomic E-state index is 0.524. The molecule has 0 atom stereocenters. The predicted octanol–water partition coefficient (Wildman–Crippen LogP) is -0.00870. The van der Waals surface area contributed by atoms with Gasteiger partial charge in [-0.1, -0.05) is 0 Å². The maximum Gasteiger partial charge on any atom is 0.150 e. The maximum absolute atomic E-state index is 5.65. The molecule has 5 nitrogen and oxygen atoms in total. The van der Waals surface area contributed by atoms with E-state index in [2.05, 4.69) is 22.2 Å². The van der Waals surface area contributed by atoms with E-state index in [1.807, 2.05) is 4.57 Å². The smallest absolute Gasteiger partial charge is 0.150 e. The molecule has 0 spiro atoms. The van der Waals surface area contributed by atoms with Gasteiger partial charge >= 0.3 is 0 Å². The molecular weight excluding hydrogens is 154 g/mol. The highest BCUT2D eigenvalue weighted by Gasteiger charge is 2.15. The highest BCUT2D eigenvalue weighted by Crippen LogP contribution is 2.16. The van der Waals surface area contributed by atoms with Crippen LogP contribution in [0.1, 0.15) is 12.6 Å². The van der Waals surface area contributed by atoms with Gasteiger partial charge in [-0.2, -0.15) is 0 Å². The third kappa shape index (κ3) is 0.861. The number of anilines is 1. The molecule has 3 N–H and O–H groups in total. The summed E-state index contributed by atoms with van der Waals surface area (Å²) in [5.74, 6) is 1.50. The standard InChI is InChI=1S/C7H11N5/c1-2-12-4-11-5-6(8)9-3-10-7(5)12/h4,10H,2-3H2,1H3,(H2,8,9). The van der Waals surface area contributed by atoms with E-state index in [1.54, 1.807) is 6.33 Å². The minimum Gasteiger partial charge on any atom is -0.382 e. The van der Waals surface area contributed by atoms with E-state index in [9.17, 15) is 0 Å². The Morgan fingerprint density at radius 2 is 2.58 bits per heavy atom. The average Bonchev–Trinajstić information content (AvgIpc) is 2.49. The van der Waals surface area contributed by atoms with Crippen LogP contribution < -0.4 is 11.1 Å². The Kier molecular flexibility index (Phi) is 1.49. The third-order valence-corrected chi connectivity index (χ3v) is 1.92. The Bertz CT molecular complexity index is 325. The third-order valence-electron chi connectivity index (χ3n) is 1.92. The van der Waals surface area contributed by atoms with Gasteiger partial charge < -0.3 is 15.6 Å². The molecule has 2 heterocycles. The van der Waals surface area contributed by atoms with Gasteiger partial charge in [-0.05, 0) is 6.92 Å². The molecule has 0 radical (unpaired) electrons. The summed E-state index contributed by atoms with van der Waals surface area (Å²) in [5, 5.41) is 3.13. The molecule has 0 fully saturated rings. The van der Waals surface area contributed by atoms with E-state index < -0.39 is 0 Å². The molecule has 0 bridgehead atoms. The first kappa shape index (κ1) is 7.15. The number of aryl methyl sites for hydroxylation is 1. The number of nitrogens with one attached hydrogen (secondary N) is 1. The minimum atomic E-state index is 0.524. The number of hydrogen-bond acceptors (Lipinski definition) is 4. The lowest BCUT2D eigenvalue weighted by atomic mass is 10.3. The molecule has 0 saturated carbocycles. The lowest BCUT2D eigenvalue weighted by molar-refractivity contribution is 0.762. The van der Waals surface area contributed by atoms with Gasteiger partial charge in [-0.15, -0.1) is 0 Å². The maximum atomic E-state index is 5.65. The number of imidazole rings is 1. The van der Waals surface area contributed by atoms with Gasteiger partial charge in [-0.25, -0.2) is 9.98 Å². The summed E-state index contributed by atoms with van der Waals surface area (Å²) < 4.78 is 2.01. The van der Waals surface area contributed by atoms with Crippen molar-refractivity contribution in [2.24, 2.45) is 10.7 Å². The molecule has 0 unspecified atom stereocenters. The van der Waals surface area contributed by atoms with Crippen LogP contribution in [0, 0.1) is 0 Å². The zero-order valence-electron chi connectivity index (χ0n) is 6.91. The van der Waals surface area contributed by atoms with Gasteiger partial charge in [0.2, 0.25) is 0 Å². The summed E-state index contributed by atoms with van der Waals surface area (Å²) >= 11 is 0. The van der Waals surface area contributed by atoms with E-state index in [0.29, 0.717) is 12.5 Å². The van der Waals surface area contributed by atoms with Crippen molar-refractivity contribution in [1.29, 1.82) is 0 Å². The molecule has 64 valence electrons. The SMILES string of the molecule is CCn1cnc2c1NCN=C2N. The molecule has 12 heavy (non-hydrogen) atoms. The van der Waals surface area contributed by atoms with Gasteiger partial charge in [-0.3, -0.25) is 0 Å². The van der Waals surface area contributed by atoms with Crippen molar-refractivity contribution in [3.8, 4) is 0 Å². The first-order valence-electron chi connectivity index (χ1n) is 3.92. The second-order valence-electron chi connectivity index (χ2n) is 2.61. The van der Waals surface area contributed by atoms with Crippen molar-refractivity contribution >= 4 is 11.7 Å². The van der Waals surface area contributed by atoms with Crippen LogP contribution in [0.4, 0.5) is 5.82 Å². The fourth-order valence-corrected chi connectivity index (χ4v) is 1.27. The summed E-state index contributed by atoms with van der Waals surface area (Å²) in [6, 6.07) is 0. The number of aliphatic imine (C=N–C) groups is 1. The quantitative estimate of drug-likeness (QED) is 0.615. The van der Waals surface area contributed by atoms with Crippen LogP contribution in [0.3, 0.4) is 0 Å². The zero-order chi connectivity index (χ0) is 8.55. The summed E-state index contributed by atoms with van der Waals surface area (Å²) in [6.45, 7) is 3.50. The molecule has 0 saturated heterocycles. The Labute approximate surface area is 70.3 Å². The number of fused-ring (bicyclic) bond motifs is 1. The van der Waals surface area contributed by atoms with Crippen LogP contribution in [0.25, 0.3) is 0 Å². The van der Waals surface area contributed by atoms with Crippen LogP contribution >= 0.6 is 0 Å². The average molecular weight is 165 g/mol. The van der Waals surface area contributed by atoms with Crippen LogP contribution in [0.15, 0.2) is 11.3 Å². The fraction of sp³-hybridized carbons (Fsp3) is 0.429. The van der Waals surface area contributed by atoms with Gasteiger partial charge in [0.25, 0.3) is 0 Å². The van der Waals surface area contributed by atoms with E-state index >= 15 is 0 Å². The molecule has 1 aliphatic heterocycles. The second kappa shape index (κ2) is 2.51. The number of rotatable bonds is 1. The first-order valence-corrected chi connectivity index (χ1v) is 3.92. The highest BCUT2D eigenvalue weighted by atomic mass is 15.2. The fourth-order valence-electron chi connectivity index (χ4n) is 1.27. The van der Waals surface area contributed by atoms with E-state index in [-0.39, 0.29) is 0 Å². The van der Waals surface area contributed by atoms with Gasteiger partial charge in [0.1, 0.15) is 24.0 Å². The Hall–Kier alpha value is -1.52. The van der Waals surface area contributed by atoms with Crippen molar-refractivity contribution in [1.82, 2.24) is 9.55 Å². The number of nitrogens with zero attached hydrogens (tertiary/aromatic N) is 3. The van der Waals surface area contributed by atoms with E-state index in [0.717, 1.165) is 18.1 Å². The Morgan fingerprint density at radius 3 is 3.33 bits per heavy atom. The highest BCUT2D eigenvalue weighted by molar-refractivity contribution is 6.01. The van der Waals surface area contributed by atoms with Crippen LogP contribution in [0.5, 0.6) is 0 Å². The van der Waals surface area contributed by atoms with Gasteiger partial charge in [0.05, 0.1) is 6.33 Å². The molecule has 0 aromatic carbocycles. The second-order valence-corrected chi connectivity index (χ2v) is 2.61. The summed E-state index contributed by atoms with van der Waals surface area (Å²) in [6.07, 6.45) is 1.77. The van der Waals surface area contributed by atoms with Crippen molar-refractivity contribution in [2.75, 3.05) is 12.0 Å². The largest absolute Gasteiger partial charge is 0.382 e. The number of hydrogen-bond donors (Lipinski definition) is 2. The van der Waals surface area contributed by atoms with Crippen LogP contribution in [0.2, 0.25) is 0 Å². The van der Waals surface area contributed by atoms with Crippen LogP contribution in [-0.2, 0) is 6.54 Å². The summed E-state index contributed by atoms with van der Waals surface area (Å²) in [4.78, 5) is 8.18. The Morgan fingerprint density at radius 1 is 1.75 bits per heavy atom. The first-order chi connectivity index (χ1) is 5.83. The van der Waals surface area contributed by atoms with E-state index in [4.69, 9.17) is 5.73 Å². The summed E-state index contributed by atoms with van der Waals surface area (Å²) in [7, 11) is 0. The molecule has 1 aromatic rings. The van der Waals surface area contributed by atoms with Crippen molar-refractivity contribution < 1.29 is 0 Å². The normalized spacial score (nSPS) is 14.9. The van der Waals surface area contributed by atoms with Crippen molar-refractivity contribution in [3.63, 3.8) is 0 Å². The predicted molar refractivity (Wildman–Crippen MR) is 47.1 cm³/mol. The zero-order valence-corrected chi connectivity index (χ0v) is 6.91. The summed E-state index contributed by atoms with van der Waals surface area (Å²) in [5.41, 5.74) is 6.42. The molecule has 0 aliphatic carbocycles. The van der Waals surface area contributed by atoms with E-state index in [1.165, 1.54) is 0 Å². The van der Waals surface area contributed by atoms with Crippen molar-refractivity contribution in [2.45, 2.75) is 13.5 Å². The molecule has 0 amide bonds. The molecule has 5 heteroatoms. The molecular formula is C7H11N5. The number of amidine groups is 1. The topological polar surface area (TPSA) is 68.2 Å². The number of aromatic nitrogens is 2. The van der Waals surface area contributed by atoms with Crippen LogP contribution in [-0.4, -0.2) is 22.1 Å². The van der Waals surface area contributed by atoms with Gasteiger partial charge in [0.15, 0.2) is 0 Å². The van der Waals surface area contributed by atoms with Crippen molar-refractivity contribution in [3.05, 3.63) is 12.0 Å². The van der Waals surface area contributed by atoms with Gasteiger partial charge in [0, 0.05) is 6.54 Å². The lowest BCUT2D eigenvalue weighted by Gasteiger charge is -2.12. The molecule has 1 aliphatic rings. The lowest BCUT2D eigenvalue weighted by Crippen LogP contribution is -2.23. The number of nitrogens with two attached hydrogens (primary N) is 1. The Balaban J connectivity index is 2.50. The monoisotopic (exact) mass is 165 g/mol. The molecule has 2 rings (SSSR count). The molecule has 1 aromatic heterocycles.